The normalized spacial score (nSPS) is 15.2. The molecule has 0 saturated heterocycles. The van der Waals surface area contributed by atoms with Crippen molar-refractivity contribution in [3.8, 4) is 16.9 Å². The van der Waals surface area contributed by atoms with Crippen molar-refractivity contribution in [3.05, 3.63) is 83.4 Å². The van der Waals surface area contributed by atoms with Gasteiger partial charge in [-0.25, -0.2) is 4.79 Å². The van der Waals surface area contributed by atoms with Gasteiger partial charge in [-0.1, -0.05) is 48.5 Å². The molecule has 0 heterocycles. The number of rotatable bonds is 5. The molecule has 30 heavy (non-hydrogen) atoms. The average Bonchev–Trinajstić information content (AvgIpc) is 2.78. The molecule has 0 spiro atoms. The highest BCUT2D eigenvalue weighted by Gasteiger charge is 2.19. The quantitative estimate of drug-likeness (QED) is 0.587. The number of carbonyl (C=O) groups excluding carboxylic acids is 1. The van der Waals surface area contributed by atoms with Gasteiger partial charge in [-0.15, -0.1) is 0 Å². The van der Waals surface area contributed by atoms with Gasteiger partial charge in [-0.2, -0.15) is 0 Å². The lowest BCUT2D eigenvalue weighted by molar-refractivity contribution is 0.159. The molecule has 4 rings (SSSR count). The maximum atomic E-state index is 12.4. The molecule has 154 valence electrons. The third-order valence-electron chi connectivity index (χ3n) is 5.54. The molecule has 0 aromatic heterocycles. The van der Waals surface area contributed by atoms with Crippen LogP contribution in [0.4, 0.5) is 10.5 Å². The Kier molecular flexibility index (Phi) is 6.00. The minimum atomic E-state index is -0.340. The van der Waals surface area contributed by atoms with Crippen LogP contribution in [0.3, 0.4) is 0 Å². The minimum Gasteiger partial charge on any atom is -0.497 e. The first-order valence-corrected chi connectivity index (χ1v) is 10.2. The molecule has 3 N–H and O–H groups in total. The second-order valence-corrected chi connectivity index (χ2v) is 7.57. The fourth-order valence-corrected chi connectivity index (χ4v) is 3.83. The van der Waals surface area contributed by atoms with E-state index < -0.39 is 0 Å². The summed E-state index contributed by atoms with van der Waals surface area (Å²) in [6, 6.07) is 21.7. The Morgan fingerprint density at radius 1 is 1.03 bits per heavy atom. The third-order valence-corrected chi connectivity index (χ3v) is 5.54. The van der Waals surface area contributed by atoms with Gasteiger partial charge in [0.25, 0.3) is 0 Å². The molecule has 2 amide bonds. The van der Waals surface area contributed by atoms with Crippen molar-refractivity contribution in [3.63, 3.8) is 0 Å². The molecule has 0 radical (unpaired) electrons. The van der Waals surface area contributed by atoms with Crippen LogP contribution in [0.2, 0.25) is 0 Å². The third kappa shape index (κ3) is 4.63. The van der Waals surface area contributed by atoms with Crippen molar-refractivity contribution in [1.82, 2.24) is 5.32 Å². The number of aliphatic hydroxyl groups excluding tert-OH is 1. The van der Waals surface area contributed by atoms with Gasteiger partial charge in [0, 0.05) is 18.7 Å². The van der Waals surface area contributed by atoms with E-state index >= 15 is 0 Å². The van der Waals surface area contributed by atoms with E-state index in [-0.39, 0.29) is 12.1 Å². The van der Waals surface area contributed by atoms with Crippen molar-refractivity contribution >= 4 is 11.7 Å². The van der Waals surface area contributed by atoms with Gasteiger partial charge < -0.3 is 20.5 Å². The van der Waals surface area contributed by atoms with Crippen molar-refractivity contribution in [2.45, 2.75) is 31.9 Å². The number of benzene rings is 3. The predicted molar refractivity (Wildman–Crippen MR) is 119 cm³/mol. The van der Waals surface area contributed by atoms with Crippen molar-refractivity contribution in [2.24, 2.45) is 0 Å². The fraction of sp³-hybridized carbons (Fsp3) is 0.240. The summed E-state index contributed by atoms with van der Waals surface area (Å²) in [5.41, 5.74) is 6.26. The number of carbonyl (C=O) groups is 1. The molecule has 3 aromatic rings. The second kappa shape index (κ2) is 9.01. The summed E-state index contributed by atoms with van der Waals surface area (Å²) in [5, 5.41) is 15.8. The standard InChI is InChI=1S/C25H26N2O3/c1-30-22-13-10-19(11-14-22)18-7-5-17(6-8-18)16-26-25(29)27-24-4-2-3-20-9-12-21(28)15-23(20)24/h2-8,10-11,13-14,21,28H,9,12,15-16H2,1H3,(H2,26,27,29). The SMILES string of the molecule is COc1ccc(-c2ccc(CNC(=O)Nc3cccc4c3CC(O)CC4)cc2)cc1. The van der Waals surface area contributed by atoms with E-state index in [1.54, 1.807) is 7.11 Å². The number of aliphatic hydroxyl groups is 1. The Morgan fingerprint density at radius 2 is 1.73 bits per heavy atom. The van der Waals surface area contributed by atoms with Crippen LogP contribution in [0, 0.1) is 0 Å². The van der Waals surface area contributed by atoms with Gasteiger partial charge in [0.15, 0.2) is 0 Å². The first kappa shape index (κ1) is 20.0. The van der Waals surface area contributed by atoms with Crippen LogP contribution in [-0.2, 0) is 19.4 Å². The number of fused-ring (bicyclic) bond motifs is 1. The van der Waals surface area contributed by atoms with Gasteiger partial charge >= 0.3 is 6.03 Å². The van der Waals surface area contributed by atoms with Gasteiger partial charge in [0.2, 0.25) is 0 Å². The number of nitrogens with one attached hydrogen (secondary N) is 2. The molecule has 0 fully saturated rings. The molecule has 1 aliphatic rings. The summed E-state index contributed by atoms with van der Waals surface area (Å²) in [6.45, 7) is 0.437. The fourth-order valence-electron chi connectivity index (χ4n) is 3.83. The average molecular weight is 402 g/mol. The van der Waals surface area contributed by atoms with Crippen LogP contribution in [-0.4, -0.2) is 24.4 Å². The van der Waals surface area contributed by atoms with Crippen molar-refractivity contribution < 1.29 is 14.6 Å². The monoisotopic (exact) mass is 402 g/mol. The zero-order valence-electron chi connectivity index (χ0n) is 17.0. The molecule has 5 nitrogen and oxygen atoms in total. The van der Waals surface area contributed by atoms with E-state index in [0.29, 0.717) is 13.0 Å². The zero-order chi connectivity index (χ0) is 20.9. The zero-order valence-corrected chi connectivity index (χ0v) is 17.0. The molecule has 1 unspecified atom stereocenters. The number of urea groups is 1. The molecular weight excluding hydrogens is 376 g/mol. The van der Waals surface area contributed by atoms with Gasteiger partial charge in [-0.05, 0) is 58.9 Å². The van der Waals surface area contributed by atoms with Crippen LogP contribution >= 0.6 is 0 Å². The number of methoxy groups -OCH3 is 1. The largest absolute Gasteiger partial charge is 0.497 e. The van der Waals surface area contributed by atoms with E-state index in [1.165, 1.54) is 5.56 Å². The lowest BCUT2D eigenvalue weighted by Gasteiger charge is -2.23. The highest BCUT2D eigenvalue weighted by molar-refractivity contribution is 5.90. The van der Waals surface area contributed by atoms with E-state index in [9.17, 15) is 9.90 Å². The van der Waals surface area contributed by atoms with Crippen LogP contribution in [0.5, 0.6) is 5.75 Å². The maximum Gasteiger partial charge on any atom is 0.319 e. The Labute approximate surface area is 176 Å². The van der Waals surface area contributed by atoms with Crippen LogP contribution in [0.25, 0.3) is 11.1 Å². The lowest BCUT2D eigenvalue weighted by atomic mass is 9.88. The Balaban J connectivity index is 1.35. The number of hydrogen-bond acceptors (Lipinski definition) is 3. The van der Waals surface area contributed by atoms with E-state index in [2.05, 4.69) is 16.7 Å². The summed E-state index contributed by atoms with van der Waals surface area (Å²) in [6.07, 6.45) is 1.86. The van der Waals surface area contributed by atoms with Gasteiger partial charge in [-0.3, -0.25) is 0 Å². The number of anilines is 1. The first-order valence-electron chi connectivity index (χ1n) is 10.2. The highest BCUT2D eigenvalue weighted by atomic mass is 16.5. The molecule has 1 atom stereocenters. The predicted octanol–water partition coefficient (Wildman–Crippen LogP) is 4.53. The highest BCUT2D eigenvalue weighted by Crippen LogP contribution is 2.28. The van der Waals surface area contributed by atoms with E-state index in [1.807, 2.05) is 60.7 Å². The maximum absolute atomic E-state index is 12.4. The molecule has 1 aliphatic carbocycles. The van der Waals surface area contributed by atoms with E-state index in [4.69, 9.17) is 4.74 Å². The molecular formula is C25H26N2O3. The number of hydrogen-bond donors (Lipinski definition) is 3. The summed E-state index contributed by atoms with van der Waals surface area (Å²) in [7, 11) is 1.66. The second-order valence-electron chi connectivity index (χ2n) is 7.57. The summed E-state index contributed by atoms with van der Waals surface area (Å²) in [5.74, 6) is 0.833. The molecule has 0 saturated carbocycles. The lowest BCUT2D eigenvalue weighted by Crippen LogP contribution is -2.29. The van der Waals surface area contributed by atoms with Crippen LogP contribution < -0.4 is 15.4 Å². The van der Waals surface area contributed by atoms with Crippen molar-refractivity contribution in [2.75, 3.05) is 12.4 Å². The number of amides is 2. The van der Waals surface area contributed by atoms with Crippen LogP contribution in [0.1, 0.15) is 23.1 Å². The summed E-state index contributed by atoms with van der Waals surface area (Å²) >= 11 is 0. The van der Waals surface area contributed by atoms with Crippen LogP contribution in [0.15, 0.2) is 66.7 Å². The van der Waals surface area contributed by atoms with Crippen molar-refractivity contribution in [1.29, 1.82) is 0 Å². The molecule has 5 heteroatoms. The summed E-state index contributed by atoms with van der Waals surface area (Å²) < 4.78 is 5.20. The Hall–Kier alpha value is -3.31. The van der Waals surface area contributed by atoms with Gasteiger partial charge in [0.1, 0.15) is 5.75 Å². The molecule has 3 aromatic carbocycles. The topological polar surface area (TPSA) is 70.6 Å². The molecule has 0 aliphatic heterocycles. The molecule has 0 bridgehead atoms. The van der Waals surface area contributed by atoms with E-state index in [0.717, 1.165) is 46.5 Å². The van der Waals surface area contributed by atoms with Gasteiger partial charge in [0.05, 0.1) is 13.2 Å². The number of aryl methyl sites for hydroxylation is 1. The summed E-state index contributed by atoms with van der Waals surface area (Å²) in [4.78, 5) is 12.4. The number of ether oxygens (including phenoxy) is 1. The Morgan fingerprint density at radius 3 is 2.43 bits per heavy atom. The minimum absolute atomic E-state index is 0.248. The Bertz CT molecular complexity index is 1010. The smallest absolute Gasteiger partial charge is 0.319 e. The first-order chi connectivity index (χ1) is 14.6.